The number of nitrogens with zero attached hydrogens (tertiary/aromatic N) is 2. The zero-order valence-corrected chi connectivity index (χ0v) is 21.6. The third-order valence-corrected chi connectivity index (χ3v) is 7.02. The molecule has 1 saturated heterocycles. The molecule has 0 unspecified atom stereocenters. The van der Waals surface area contributed by atoms with Gasteiger partial charge in [0.05, 0.1) is 18.8 Å². The van der Waals surface area contributed by atoms with Gasteiger partial charge in [-0.2, -0.15) is 10.3 Å². The van der Waals surface area contributed by atoms with Crippen molar-refractivity contribution in [2.45, 2.75) is 58.3 Å². The van der Waals surface area contributed by atoms with E-state index in [2.05, 4.69) is 10.1 Å². The number of nitriles is 1. The van der Waals surface area contributed by atoms with Crippen LogP contribution in [0.1, 0.15) is 32.6 Å². The first-order valence-electron chi connectivity index (χ1n) is 11.5. The number of aliphatic hydroxyl groups excluding tert-OH is 1. The number of hydrogen-bond acceptors (Lipinski definition) is 10. The molecule has 2 aromatic rings. The Kier molecular flexibility index (Phi) is 9.07. The van der Waals surface area contributed by atoms with Crippen molar-refractivity contribution in [1.29, 1.82) is 5.26 Å². The van der Waals surface area contributed by atoms with E-state index in [1.807, 2.05) is 6.07 Å². The molecule has 1 aliphatic rings. The summed E-state index contributed by atoms with van der Waals surface area (Å²) in [6.07, 6.45) is -3.09. The van der Waals surface area contributed by atoms with Crippen LogP contribution in [0.2, 0.25) is 0 Å². The quantitative estimate of drug-likeness (QED) is 0.295. The molecule has 3 N–H and O–H groups in total. The molecule has 3 rings (SSSR count). The molecule has 1 aromatic carbocycles. The first-order chi connectivity index (χ1) is 17.4. The third kappa shape index (κ3) is 6.94. The summed E-state index contributed by atoms with van der Waals surface area (Å²) in [6, 6.07) is 8.88. The Balaban J connectivity index is 1.81. The Morgan fingerprint density at radius 2 is 1.97 bits per heavy atom. The number of carbonyl (C=O) groups excluding carboxylic acids is 1. The summed E-state index contributed by atoms with van der Waals surface area (Å²) in [6.45, 7) is 5.68. The fourth-order valence-electron chi connectivity index (χ4n) is 3.54. The monoisotopic (exact) mass is 536 g/mol. The molecule has 200 valence electrons. The molecule has 0 amide bonds. The Labute approximate surface area is 212 Å². The fraction of sp³-hybridized carbons (Fsp3) is 0.478. The van der Waals surface area contributed by atoms with E-state index in [9.17, 15) is 29.3 Å². The average molecular weight is 536 g/mol. The molecule has 1 fully saturated rings. The van der Waals surface area contributed by atoms with E-state index in [0.717, 1.165) is 4.57 Å². The van der Waals surface area contributed by atoms with Crippen LogP contribution in [0.5, 0.6) is 5.75 Å². The second-order valence-corrected chi connectivity index (χ2v) is 10.4. The van der Waals surface area contributed by atoms with Crippen LogP contribution < -0.4 is 20.9 Å². The number of rotatable bonds is 10. The van der Waals surface area contributed by atoms with E-state index in [1.165, 1.54) is 32.2 Å². The minimum Gasteiger partial charge on any atom is -0.462 e. The van der Waals surface area contributed by atoms with Crippen LogP contribution in [-0.4, -0.2) is 51.6 Å². The first kappa shape index (κ1) is 28.3. The number of nitrogens with one attached hydrogen (secondary N) is 2. The molecular weight excluding hydrogens is 507 g/mol. The van der Waals surface area contributed by atoms with Gasteiger partial charge >= 0.3 is 19.4 Å². The highest BCUT2D eigenvalue weighted by Crippen LogP contribution is 2.46. The summed E-state index contributed by atoms with van der Waals surface area (Å²) >= 11 is 0. The third-order valence-electron chi connectivity index (χ3n) is 5.37. The zero-order chi connectivity index (χ0) is 27.3. The van der Waals surface area contributed by atoms with Gasteiger partial charge in [0, 0.05) is 11.8 Å². The second-order valence-electron chi connectivity index (χ2n) is 8.72. The topological polar surface area (TPSA) is 182 Å². The number of aromatic nitrogens is 2. The van der Waals surface area contributed by atoms with Gasteiger partial charge in [-0.25, -0.2) is 9.36 Å². The fourth-order valence-corrected chi connectivity index (χ4v) is 5.04. The summed E-state index contributed by atoms with van der Waals surface area (Å²) < 4.78 is 36.6. The van der Waals surface area contributed by atoms with Crippen LogP contribution in [-0.2, 0) is 23.4 Å². The SMILES string of the molecule is Cc1cn([C@@H]2O[C@H](CO[P@@](=O)(N[C@H](C)C(=O)OC(C)C)Oc3ccccc3)[C@@H](O)[C@H]2C#N)c(=O)[nH]c1=O. The van der Waals surface area contributed by atoms with Gasteiger partial charge in [-0.3, -0.25) is 23.7 Å². The van der Waals surface area contributed by atoms with Gasteiger partial charge in [-0.05, 0) is 39.8 Å². The van der Waals surface area contributed by atoms with E-state index in [1.54, 1.807) is 32.0 Å². The van der Waals surface area contributed by atoms with Crippen molar-refractivity contribution in [3.05, 3.63) is 62.9 Å². The average Bonchev–Trinajstić information content (AvgIpc) is 3.15. The molecule has 14 heteroatoms. The molecule has 0 spiro atoms. The summed E-state index contributed by atoms with van der Waals surface area (Å²) in [7, 11) is -4.26. The number of H-pyrrole nitrogens is 1. The summed E-state index contributed by atoms with van der Waals surface area (Å²) in [5.41, 5.74) is -1.23. The number of benzene rings is 1. The molecule has 13 nitrogen and oxygen atoms in total. The Morgan fingerprint density at radius 1 is 1.30 bits per heavy atom. The predicted molar refractivity (Wildman–Crippen MR) is 130 cm³/mol. The largest absolute Gasteiger partial charge is 0.462 e. The van der Waals surface area contributed by atoms with Crippen LogP contribution in [0, 0.1) is 24.2 Å². The maximum atomic E-state index is 13.6. The molecule has 37 heavy (non-hydrogen) atoms. The number of esters is 1. The highest BCUT2D eigenvalue weighted by molar-refractivity contribution is 7.52. The minimum absolute atomic E-state index is 0.179. The van der Waals surface area contributed by atoms with E-state index < -0.39 is 68.1 Å². The van der Waals surface area contributed by atoms with Crippen molar-refractivity contribution in [3.8, 4) is 11.8 Å². The predicted octanol–water partition coefficient (Wildman–Crippen LogP) is 1.38. The van der Waals surface area contributed by atoms with E-state index >= 15 is 0 Å². The van der Waals surface area contributed by atoms with Gasteiger partial charge in [-0.1, -0.05) is 18.2 Å². The highest BCUT2D eigenvalue weighted by atomic mass is 31.2. The molecule has 6 atom stereocenters. The van der Waals surface area contributed by atoms with Crippen molar-refractivity contribution in [1.82, 2.24) is 14.6 Å². The Hall–Kier alpha value is -3.27. The number of aryl methyl sites for hydroxylation is 1. The van der Waals surface area contributed by atoms with Crippen molar-refractivity contribution in [3.63, 3.8) is 0 Å². The maximum Gasteiger partial charge on any atom is 0.459 e. The van der Waals surface area contributed by atoms with Crippen LogP contribution >= 0.6 is 7.75 Å². The standard InChI is InChI=1S/C23H29N4O9P/c1-13(2)34-22(30)15(4)26-37(32,36-16-8-6-5-7-9-16)33-12-18-19(28)17(10-24)21(35-18)27-11-14(3)20(29)25-23(27)31/h5-9,11,13,15,17-19,21,28H,12H2,1-4H3,(H,26,32)(H,25,29,31)/t15-,17-,18-,19+,21-,37+/m1/s1. The lowest BCUT2D eigenvalue weighted by Gasteiger charge is -2.25. The van der Waals surface area contributed by atoms with Crippen LogP contribution in [0.25, 0.3) is 0 Å². The van der Waals surface area contributed by atoms with Crippen molar-refractivity contribution in [2.75, 3.05) is 6.61 Å². The Bertz CT molecular complexity index is 1300. The lowest BCUT2D eigenvalue weighted by Crippen LogP contribution is -2.37. The smallest absolute Gasteiger partial charge is 0.459 e. The van der Waals surface area contributed by atoms with Gasteiger partial charge in [0.2, 0.25) is 0 Å². The number of para-hydroxylation sites is 1. The van der Waals surface area contributed by atoms with Gasteiger partial charge < -0.3 is 19.1 Å². The number of carbonyl (C=O) groups is 1. The highest BCUT2D eigenvalue weighted by Gasteiger charge is 2.47. The second kappa shape index (κ2) is 11.9. The molecule has 0 bridgehead atoms. The van der Waals surface area contributed by atoms with Gasteiger partial charge in [0.1, 0.15) is 29.9 Å². The lowest BCUT2D eigenvalue weighted by molar-refractivity contribution is -0.149. The molecule has 0 saturated carbocycles. The van der Waals surface area contributed by atoms with Gasteiger partial charge in [0.25, 0.3) is 5.56 Å². The number of aromatic amines is 1. The molecule has 1 aliphatic heterocycles. The molecular formula is C23H29N4O9P. The first-order valence-corrected chi connectivity index (χ1v) is 13.0. The maximum absolute atomic E-state index is 13.6. The molecule has 0 radical (unpaired) electrons. The molecule has 2 heterocycles. The van der Waals surface area contributed by atoms with Crippen LogP contribution in [0.4, 0.5) is 0 Å². The summed E-state index contributed by atoms with van der Waals surface area (Å²) in [4.78, 5) is 38.4. The molecule has 1 aromatic heterocycles. The van der Waals surface area contributed by atoms with E-state index in [0.29, 0.717) is 0 Å². The van der Waals surface area contributed by atoms with E-state index in [-0.39, 0.29) is 11.3 Å². The Morgan fingerprint density at radius 3 is 2.59 bits per heavy atom. The normalized spacial score (nSPS) is 23.7. The van der Waals surface area contributed by atoms with Crippen LogP contribution in [0.3, 0.4) is 0 Å². The zero-order valence-electron chi connectivity index (χ0n) is 20.7. The summed E-state index contributed by atoms with van der Waals surface area (Å²) in [5, 5.41) is 22.8. The van der Waals surface area contributed by atoms with Gasteiger partial charge in [0.15, 0.2) is 6.23 Å². The minimum atomic E-state index is -4.26. The number of aliphatic hydroxyl groups is 1. The van der Waals surface area contributed by atoms with Crippen LogP contribution in [0.15, 0.2) is 46.1 Å². The summed E-state index contributed by atoms with van der Waals surface area (Å²) in [5.74, 6) is -1.72. The molecule has 0 aliphatic carbocycles. The van der Waals surface area contributed by atoms with Crippen molar-refractivity contribution in [2.24, 2.45) is 5.92 Å². The van der Waals surface area contributed by atoms with E-state index in [4.69, 9.17) is 18.5 Å². The number of hydrogen-bond donors (Lipinski definition) is 3. The van der Waals surface area contributed by atoms with Gasteiger partial charge in [-0.15, -0.1) is 0 Å². The lowest BCUT2D eigenvalue weighted by atomic mass is 10.0. The van der Waals surface area contributed by atoms with Crippen molar-refractivity contribution >= 4 is 13.7 Å². The number of ether oxygens (including phenoxy) is 2. The van der Waals surface area contributed by atoms with Crippen molar-refractivity contribution < 1.29 is 33.0 Å².